The van der Waals surface area contributed by atoms with E-state index in [-0.39, 0.29) is 11.3 Å². The van der Waals surface area contributed by atoms with Gasteiger partial charge in [0, 0.05) is 32.7 Å². The molecule has 0 radical (unpaired) electrons. The zero-order valence-electron chi connectivity index (χ0n) is 14.4. The van der Waals surface area contributed by atoms with Crippen LogP contribution >= 0.6 is 0 Å². The number of benzene rings is 1. The number of rotatable bonds is 4. The SMILES string of the molecule is CC(C)(C)[C@H](N)C(=O)N1CCN(CC(O)c2ccccc2)CC1. The first kappa shape index (κ1) is 17.9. The fourth-order valence-corrected chi connectivity index (χ4v) is 2.74. The minimum atomic E-state index is -0.490. The van der Waals surface area contributed by atoms with E-state index < -0.39 is 12.1 Å². The number of nitrogens with two attached hydrogens (primary N) is 1. The molecule has 1 aliphatic rings. The van der Waals surface area contributed by atoms with E-state index in [9.17, 15) is 9.90 Å². The van der Waals surface area contributed by atoms with Crippen molar-refractivity contribution in [1.82, 2.24) is 9.80 Å². The molecular weight excluding hydrogens is 290 g/mol. The Labute approximate surface area is 139 Å². The molecule has 1 unspecified atom stereocenters. The number of piperazine rings is 1. The van der Waals surface area contributed by atoms with Crippen LogP contribution in [0.1, 0.15) is 32.4 Å². The molecule has 1 aromatic rings. The van der Waals surface area contributed by atoms with E-state index in [0.29, 0.717) is 19.6 Å². The molecule has 5 heteroatoms. The second kappa shape index (κ2) is 7.43. The maximum Gasteiger partial charge on any atom is 0.240 e. The van der Waals surface area contributed by atoms with Crippen LogP contribution in [0.25, 0.3) is 0 Å². The van der Waals surface area contributed by atoms with Gasteiger partial charge in [0.2, 0.25) is 5.91 Å². The second-order valence-electron chi connectivity index (χ2n) is 7.40. The number of aliphatic hydroxyl groups excluding tert-OH is 1. The van der Waals surface area contributed by atoms with E-state index in [1.165, 1.54) is 0 Å². The Morgan fingerprint density at radius 3 is 2.26 bits per heavy atom. The van der Waals surface area contributed by atoms with Gasteiger partial charge in [0.15, 0.2) is 0 Å². The monoisotopic (exact) mass is 319 g/mol. The highest BCUT2D eigenvalue weighted by atomic mass is 16.3. The van der Waals surface area contributed by atoms with Gasteiger partial charge in [-0.1, -0.05) is 51.1 Å². The lowest BCUT2D eigenvalue weighted by Gasteiger charge is -2.38. The summed E-state index contributed by atoms with van der Waals surface area (Å²) in [5, 5.41) is 10.3. The standard InChI is InChI=1S/C18H29N3O2/c1-18(2,3)16(19)17(23)21-11-9-20(10-12-21)13-15(22)14-7-5-4-6-8-14/h4-8,15-16,22H,9-13,19H2,1-3H3/t15?,16-/m1/s1. The smallest absolute Gasteiger partial charge is 0.240 e. The van der Waals surface area contributed by atoms with Crippen molar-refractivity contribution in [3.8, 4) is 0 Å². The lowest BCUT2D eigenvalue weighted by atomic mass is 9.86. The Kier molecular flexibility index (Phi) is 5.79. The van der Waals surface area contributed by atoms with Crippen LogP contribution < -0.4 is 5.73 Å². The first-order chi connectivity index (χ1) is 10.8. The molecule has 0 saturated carbocycles. The molecule has 2 rings (SSSR count). The highest BCUT2D eigenvalue weighted by Gasteiger charge is 2.32. The second-order valence-corrected chi connectivity index (χ2v) is 7.40. The molecule has 1 aromatic carbocycles. The highest BCUT2D eigenvalue weighted by Crippen LogP contribution is 2.20. The molecular formula is C18H29N3O2. The summed E-state index contributed by atoms with van der Waals surface area (Å²) in [6.07, 6.45) is -0.490. The number of nitrogens with zero attached hydrogens (tertiary/aromatic N) is 2. The Hall–Kier alpha value is -1.43. The third-order valence-corrected chi connectivity index (χ3v) is 4.50. The number of carbonyl (C=O) groups is 1. The molecule has 1 amide bonds. The average Bonchev–Trinajstić information content (AvgIpc) is 2.54. The van der Waals surface area contributed by atoms with Gasteiger partial charge in [0.25, 0.3) is 0 Å². The van der Waals surface area contributed by atoms with Crippen LogP contribution in [-0.2, 0) is 4.79 Å². The van der Waals surface area contributed by atoms with Gasteiger partial charge in [-0.15, -0.1) is 0 Å². The minimum Gasteiger partial charge on any atom is -0.387 e. The Morgan fingerprint density at radius 1 is 1.17 bits per heavy atom. The first-order valence-corrected chi connectivity index (χ1v) is 8.29. The summed E-state index contributed by atoms with van der Waals surface area (Å²) in [5.41, 5.74) is 6.78. The quantitative estimate of drug-likeness (QED) is 0.876. The van der Waals surface area contributed by atoms with Gasteiger partial charge >= 0.3 is 0 Å². The van der Waals surface area contributed by atoms with E-state index >= 15 is 0 Å². The van der Waals surface area contributed by atoms with E-state index in [0.717, 1.165) is 18.7 Å². The van der Waals surface area contributed by atoms with Gasteiger partial charge in [-0.25, -0.2) is 0 Å². The molecule has 1 saturated heterocycles. The molecule has 0 bridgehead atoms. The molecule has 0 spiro atoms. The summed E-state index contributed by atoms with van der Waals surface area (Å²) in [4.78, 5) is 16.5. The summed E-state index contributed by atoms with van der Waals surface area (Å²) in [6.45, 7) is 9.44. The third-order valence-electron chi connectivity index (χ3n) is 4.50. The number of amides is 1. The predicted octanol–water partition coefficient (Wildman–Crippen LogP) is 1.24. The molecule has 1 fully saturated rings. The Balaban J connectivity index is 1.83. The van der Waals surface area contributed by atoms with Crippen molar-refractivity contribution in [2.24, 2.45) is 11.1 Å². The fraction of sp³-hybridized carbons (Fsp3) is 0.611. The molecule has 5 nitrogen and oxygen atoms in total. The van der Waals surface area contributed by atoms with Crippen LogP contribution in [0.15, 0.2) is 30.3 Å². The largest absolute Gasteiger partial charge is 0.387 e. The van der Waals surface area contributed by atoms with Crippen molar-refractivity contribution in [2.75, 3.05) is 32.7 Å². The van der Waals surface area contributed by atoms with E-state index in [1.807, 2.05) is 56.0 Å². The van der Waals surface area contributed by atoms with E-state index in [2.05, 4.69) is 4.90 Å². The van der Waals surface area contributed by atoms with Crippen molar-refractivity contribution >= 4 is 5.91 Å². The number of aliphatic hydroxyl groups is 1. The van der Waals surface area contributed by atoms with Crippen LogP contribution in [0.3, 0.4) is 0 Å². The van der Waals surface area contributed by atoms with Crippen molar-refractivity contribution in [3.63, 3.8) is 0 Å². The Morgan fingerprint density at radius 2 is 1.74 bits per heavy atom. The Bertz CT molecular complexity index is 505. The topological polar surface area (TPSA) is 69.8 Å². The first-order valence-electron chi connectivity index (χ1n) is 8.29. The number of hydrogen-bond donors (Lipinski definition) is 2. The van der Waals surface area contributed by atoms with Crippen molar-refractivity contribution in [3.05, 3.63) is 35.9 Å². The van der Waals surface area contributed by atoms with Crippen LogP contribution in [0, 0.1) is 5.41 Å². The molecule has 1 aliphatic heterocycles. The molecule has 23 heavy (non-hydrogen) atoms. The molecule has 2 atom stereocenters. The normalized spacial score (nSPS) is 19.4. The van der Waals surface area contributed by atoms with Gasteiger partial charge in [0.05, 0.1) is 12.1 Å². The maximum absolute atomic E-state index is 12.4. The number of hydrogen-bond acceptors (Lipinski definition) is 4. The zero-order chi connectivity index (χ0) is 17.0. The van der Waals surface area contributed by atoms with Crippen LogP contribution in [0.2, 0.25) is 0 Å². The van der Waals surface area contributed by atoms with Gasteiger partial charge < -0.3 is 15.7 Å². The van der Waals surface area contributed by atoms with Gasteiger partial charge in [-0.05, 0) is 11.0 Å². The van der Waals surface area contributed by atoms with Crippen molar-refractivity contribution < 1.29 is 9.90 Å². The highest BCUT2D eigenvalue weighted by molar-refractivity contribution is 5.82. The van der Waals surface area contributed by atoms with Gasteiger partial charge in [-0.2, -0.15) is 0 Å². The summed E-state index contributed by atoms with van der Waals surface area (Å²) in [5.74, 6) is 0.0285. The van der Waals surface area contributed by atoms with Gasteiger partial charge in [-0.3, -0.25) is 9.69 Å². The molecule has 128 valence electrons. The van der Waals surface area contributed by atoms with E-state index in [4.69, 9.17) is 5.73 Å². The van der Waals surface area contributed by atoms with E-state index in [1.54, 1.807) is 0 Å². The minimum absolute atomic E-state index is 0.0285. The third kappa shape index (κ3) is 4.77. The average molecular weight is 319 g/mol. The fourth-order valence-electron chi connectivity index (χ4n) is 2.74. The van der Waals surface area contributed by atoms with Crippen LogP contribution in [0.4, 0.5) is 0 Å². The lowest BCUT2D eigenvalue weighted by molar-refractivity contribution is -0.136. The van der Waals surface area contributed by atoms with Crippen LogP contribution in [-0.4, -0.2) is 59.6 Å². The summed E-state index contributed by atoms with van der Waals surface area (Å²) in [6, 6.07) is 9.22. The molecule has 1 heterocycles. The summed E-state index contributed by atoms with van der Waals surface area (Å²) in [7, 11) is 0. The summed E-state index contributed by atoms with van der Waals surface area (Å²) >= 11 is 0. The number of carbonyl (C=O) groups excluding carboxylic acids is 1. The predicted molar refractivity (Wildman–Crippen MR) is 91.9 cm³/mol. The molecule has 3 N–H and O–H groups in total. The van der Waals surface area contributed by atoms with Crippen molar-refractivity contribution in [2.45, 2.75) is 32.9 Å². The maximum atomic E-state index is 12.4. The van der Waals surface area contributed by atoms with Crippen molar-refractivity contribution in [1.29, 1.82) is 0 Å². The number of β-amino-alcohol motifs (C(OH)–C–C–N with tert-alkyl or cyclic N) is 1. The van der Waals surface area contributed by atoms with Crippen LogP contribution in [0.5, 0.6) is 0 Å². The zero-order valence-corrected chi connectivity index (χ0v) is 14.4. The van der Waals surface area contributed by atoms with Gasteiger partial charge in [0.1, 0.15) is 0 Å². The molecule has 0 aliphatic carbocycles. The molecule has 0 aromatic heterocycles. The lowest BCUT2D eigenvalue weighted by Crippen LogP contribution is -2.56. The summed E-state index contributed by atoms with van der Waals surface area (Å²) < 4.78 is 0.